The number of benzene rings is 2. The number of rotatable bonds is 4. The number of methoxy groups -OCH3 is 2. The van der Waals surface area contributed by atoms with Crippen molar-refractivity contribution in [2.24, 2.45) is 0 Å². The Hall–Kier alpha value is -3.18. The van der Waals surface area contributed by atoms with Gasteiger partial charge in [0.15, 0.2) is 23.0 Å². The second-order valence-corrected chi connectivity index (χ2v) is 6.61. The minimum atomic E-state index is 0.147. The summed E-state index contributed by atoms with van der Waals surface area (Å²) in [6, 6.07) is 9.43. The summed E-state index contributed by atoms with van der Waals surface area (Å²) in [6.07, 6.45) is 1.52. The third-order valence-corrected chi connectivity index (χ3v) is 4.65. The number of hydrogen-bond donors (Lipinski definition) is 1. The van der Waals surface area contributed by atoms with Gasteiger partial charge in [0.1, 0.15) is 6.07 Å². The minimum Gasteiger partial charge on any atom is -0.493 e. The average Bonchev–Trinajstić information content (AvgIpc) is 3.15. The Labute approximate surface area is 163 Å². The summed E-state index contributed by atoms with van der Waals surface area (Å²) in [6.45, 7) is 0.147. The van der Waals surface area contributed by atoms with E-state index in [1.807, 2.05) is 12.1 Å². The highest BCUT2D eigenvalue weighted by molar-refractivity contribution is 9.10. The second kappa shape index (κ2) is 6.85. The molecule has 0 saturated carbocycles. The molecule has 0 unspecified atom stereocenters. The first-order valence-corrected chi connectivity index (χ1v) is 8.75. The predicted molar refractivity (Wildman–Crippen MR) is 103 cm³/mol. The van der Waals surface area contributed by atoms with Gasteiger partial charge in [0.05, 0.1) is 36.7 Å². The number of hydrogen-bond acceptors (Lipinski definition) is 7. The molecule has 27 heavy (non-hydrogen) atoms. The third kappa shape index (κ3) is 2.96. The Morgan fingerprint density at radius 3 is 2.67 bits per heavy atom. The molecule has 7 nitrogen and oxygen atoms in total. The van der Waals surface area contributed by atoms with Gasteiger partial charge in [-0.2, -0.15) is 5.26 Å². The number of nitrogens with one attached hydrogen (secondary N) is 1. The Kier molecular flexibility index (Phi) is 4.38. The van der Waals surface area contributed by atoms with Crippen LogP contribution in [-0.2, 0) is 0 Å². The van der Waals surface area contributed by atoms with Gasteiger partial charge in [-0.15, -0.1) is 0 Å². The number of nitrogens with zero attached hydrogens (tertiary/aromatic N) is 2. The van der Waals surface area contributed by atoms with Crippen molar-refractivity contribution in [2.75, 3.05) is 26.3 Å². The molecule has 0 spiro atoms. The van der Waals surface area contributed by atoms with Crippen LogP contribution in [0.3, 0.4) is 0 Å². The first-order chi connectivity index (χ1) is 13.1. The highest BCUT2D eigenvalue weighted by Gasteiger charge is 2.21. The largest absolute Gasteiger partial charge is 0.493 e. The normalized spacial score (nSPS) is 11.9. The molecule has 1 aliphatic rings. The smallest absolute Gasteiger partial charge is 0.231 e. The van der Waals surface area contributed by atoms with E-state index >= 15 is 0 Å². The van der Waals surface area contributed by atoms with Crippen LogP contribution < -0.4 is 24.3 Å². The van der Waals surface area contributed by atoms with Gasteiger partial charge in [-0.25, -0.2) is 0 Å². The molecule has 0 bridgehead atoms. The monoisotopic (exact) mass is 427 g/mol. The highest BCUT2D eigenvalue weighted by atomic mass is 79.9. The van der Waals surface area contributed by atoms with Crippen molar-refractivity contribution in [2.45, 2.75) is 0 Å². The molecule has 8 heteroatoms. The van der Waals surface area contributed by atoms with Gasteiger partial charge in [-0.1, -0.05) is 15.9 Å². The lowest BCUT2D eigenvalue weighted by atomic mass is 10.1. The van der Waals surface area contributed by atoms with E-state index in [1.165, 1.54) is 6.20 Å². The molecule has 1 aliphatic heterocycles. The zero-order valence-electron chi connectivity index (χ0n) is 14.5. The minimum absolute atomic E-state index is 0.147. The quantitative estimate of drug-likeness (QED) is 0.661. The maximum absolute atomic E-state index is 9.58. The summed E-state index contributed by atoms with van der Waals surface area (Å²) in [5, 5.41) is 13.6. The molecule has 1 aromatic heterocycles. The molecule has 0 fully saturated rings. The van der Waals surface area contributed by atoms with E-state index in [0.29, 0.717) is 45.5 Å². The summed E-state index contributed by atoms with van der Waals surface area (Å²) in [4.78, 5) is 4.37. The van der Waals surface area contributed by atoms with Gasteiger partial charge >= 0.3 is 0 Å². The molecule has 2 aromatic carbocycles. The molecule has 1 N–H and O–H groups in total. The van der Waals surface area contributed by atoms with Crippen molar-refractivity contribution < 1.29 is 18.9 Å². The third-order valence-electron chi connectivity index (χ3n) is 4.19. The first kappa shape index (κ1) is 17.2. The molecule has 136 valence electrons. The summed E-state index contributed by atoms with van der Waals surface area (Å²) in [5.74, 6) is 2.33. The predicted octanol–water partition coefficient (Wildman–Crippen LogP) is 4.36. The van der Waals surface area contributed by atoms with Gasteiger partial charge in [0.2, 0.25) is 6.79 Å². The Bertz CT molecular complexity index is 1090. The van der Waals surface area contributed by atoms with E-state index in [4.69, 9.17) is 18.9 Å². The maximum Gasteiger partial charge on any atom is 0.231 e. The van der Waals surface area contributed by atoms with Crippen LogP contribution >= 0.6 is 15.9 Å². The van der Waals surface area contributed by atoms with E-state index in [1.54, 1.807) is 26.4 Å². The molecule has 4 rings (SSSR count). The average molecular weight is 428 g/mol. The number of halogens is 1. The van der Waals surface area contributed by atoms with E-state index in [9.17, 15) is 5.26 Å². The molecule has 2 heterocycles. The Morgan fingerprint density at radius 1 is 1.15 bits per heavy atom. The highest BCUT2D eigenvalue weighted by Crippen LogP contribution is 2.44. The molecular formula is C19H14BrN3O4. The molecule has 0 saturated heterocycles. The molecule has 0 amide bonds. The van der Waals surface area contributed by atoms with Crippen molar-refractivity contribution in [3.8, 4) is 29.1 Å². The van der Waals surface area contributed by atoms with Gasteiger partial charge < -0.3 is 24.3 Å². The van der Waals surface area contributed by atoms with Gasteiger partial charge in [0.25, 0.3) is 0 Å². The topological polar surface area (TPSA) is 85.6 Å². The zero-order chi connectivity index (χ0) is 19.0. The Morgan fingerprint density at radius 2 is 1.93 bits per heavy atom. The van der Waals surface area contributed by atoms with Crippen LogP contribution in [0.15, 0.2) is 34.9 Å². The maximum atomic E-state index is 9.58. The van der Waals surface area contributed by atoms with Crippen LogP contribution in [0.1, 0.15) is 5.56 Å². The van der Waals surface area contributed by atoms with E-state index in [-0.39, 0.29) is 6.79 Å². The lowest BCUT2D eigenvalue weighted by Crippen LogP contribution is -2.00. The van der Waals surface area contributed by atoms with Crippen LogP contribution in [0.2, 0.25) is 0 Å². The Balaban J connectivity index is 1.92. The fourth-order valence-corrected chi connectivity index (χ4v) is 3.38. The fraction of sp³-hybridized carbons (Fsp3) is 0.158. The van der Waals surface area contributed by atoms with Crippen molar-refractivity contribution in [3.63, 3.8) is 0 Å². The van der Waals surface area contributed by atoms with E-state index in [2.05, 4.69) is 32.3 Å². The zero-order valence-corrected chi connectivity index (χ0v) is 16.1. The van der Waals surface area contributed by atoms with Gasteiger partial charge in [-0.05, 0) is 18.2 Å². The van der Waals surface area contributed by atoms with Gasteiger partial charge in [0, 0.05) is 22.1 Å². The number of anilines is 2. The number of fused-ring (bicyclic) bond motifs is 2. The molecule has 0 atom stereocenters. The van der Waals surface area contributed by atoms with Crippen LogP contribution in [-0.4, -0.2) is 26.0 Å². The molecule has 0 aliphatic carbocycles. The summed E-state index contributed by atoms with van der Waals surface area (Å²) < 4.78 is 22.6. The van der Waals surface area contributed by atoms with E-state index < -0.39 is 0 Å². The lowest BCUT2D eigenvalue weighted by molar-refractivity contribution is 0.174. The van der Waals surface area contributed by atoms with Crippen LogP contribution in [0.4, 0.5) is 11.4 Å². The fourth-order valence-electron chi connectivity index (χ4n) is 2.94. The number of aromatic nitrogens is 1. The second-order valence-electron chi connectivity index (χ2n) is 5.70. The van der Waals surface area contributed by atoms with Crippen molar-refractivity contribution in [3.05, 3.63) is 40.5 Å². The number of pyridine rings is 1. The van der Waals surface area contributed by atoms with Crippen LogP contribution in [0.25, 0.3) is 10.9 Å². The molecule has 0 radical (unpaired) electrons. The summed E-state index contributed by atoms with van der Waals surface area (Å²) in [7, 11) is 3.12. The molecular weight excluding hydrogens is 414 g/mol. The number of ether oxygens (including phenoxy) is 4. The summed E-state index contributed by atoms with van der Waals surface area (Å²) >= 11 is 3.47. The standard InChI is InChI=1S/C19H14BrN3O4/c1-24-15-5-12-13(6-16(15)25-2)22-8-10(7-21)18(12)23-14-3-11(20)4-17-19(14)27-9-26-17/h3-6,8H,9H2,1-2H3,(H,22,23). The van der Waals surface area contributed by atoms with Crippen LogP contribution in [0, 0.1) is 11.3 Å². The van der Waals surface area contributed by atoms with Crippen LogP contribution in [0.5, 0.6) is 23.0 Å². The van der Waals surface area contributed by atoms with Gasteiger partial charge in [-0.3, -0.25) is 4.98 Å². The molecule has 3 aromatic rings. The number of nitriles is 1. The SMILES string of the molecule is COc1cc2ncc(C#N)c(Nc3cc(Br)cc4c3OCO4)c2cc1OC. The van der Waals surface area contributed by atoms with E-state index in [0.717, 1.165) is 9.86 Å². The summed E-state index contributed by atoms with van der Waals surface area (Å²) in [5.41, 5.74) is 2.33. The van der Waals surface area contributed by atoms with Crippen molar-refractivity contribution in [1.82, 2.24) is 4.98 Å². The van der Waals surface area contributed by atoms with Crippen molar-refractivity contribution in [1.29, 1.82) is 5.26 Å². The van der Waals surface area contributed by atoms with Crippen molar-refractivity contribution >= 4 is 38.2 Å². The first-order valence-electron chi connectivity index (χ1n) is 7.95. The lowest BCUT2D eigenvalue weighted by Gasteiger charge is -2.15.